The highest BCUT2D eigenvalue weighted by atomic mass is 35.5. The van der Waals surface area contributed by atoms with Crippen molar-refractivity contribution < 1.29 is 9.59 Å². The van der Waals surface area contributed by atoms with Gasteiger partial charge in [0.2, 0.25) is 11.8 Å². The monoisotopic (exact) mass is 383 g/mol. The molecule has 1 aromatic rings. The summed E-state index contributed by atoms with van der Waals surface area (Å²) >= 11 is 7.58. The van der Waals surface area contributed by atoms with Crippen molar-refractivity contribution in [1.29, 1.82) is 0 Å². The first-order valence-corrected chi connectivity index (χ1v) is 9.79. The van der Waals surface area contributed by atoms with E-state index in [0.717, 1.165) is 18.0 Å². The molecule has 1 aliphatic heterocycles. The molecule has 0 spiro atoms. The number of carbonyl (C=O) groups excluding carboxylic acids is 2. The number of carbonyl (C=O) groups is 2. The second kappa shape index (κ2) is 8.92. The van der Waals surface area contributed by atoms with Crippen LogP contribution in [0.2, 0.25) is 5.02 Å². The predicted molar refractivity (Wildman–Crippen MR) is 103 cm³/mol. The molecule has 7 heteroatoms. The molecule has 0 saturated carbocycles. The highest BCUT2D eigenvalue weighted by Gasteiger charge is 2.23. The lowest BCUT2D eigenvalue weighted by Crippen LogP contribution is -2.53. The molecule has 0 atom stereocenters. The van der Waals surface area contributed by atoms with Gasteiger partial charge in [0, 0.05) is 36.6 Å². The van der Waals surface area contributed by atoms with E-state index in [-0.39, 0.29) is 17.4 Å². The first kappa shape index (κ1) is 20.1. The molecule has 0 aliphatic carbocycles. The van der Waals surface area contributed by atoms with Gasteiger partial charge in [-0.15, -0.1) is 11.8 Å². The van der Waals surface area contributed by atoms with Crippen LogP contribution in [0.3, 0.4) is 0 Å². The third-order valence-electron chi connectivity index (χ3n) is 3.79. The van der Waals surface area contributed by atoms with Crippen molar-refractivity contribution in [3.05, 3.63) is 29.3 Å². The van der Waals surface area contributed by atoms with Crippen molar-refractivity contribution in [2.24, 2.45) is 0 Å². The molecule has 1 N–H and O–H groups in total. The van der Waals surface area contributed by atoms with Crippen LogP contribution in [0.15, 0.2) is 29.2 Å². The van der Waals surface area contributed by atoms with E-state index in [1.165, 1.54) is 11.8 Å². The van der Waals surface area contributed by atoms with Gasteiger partial charge in [-0.3, -0.25) is 14.5 Å². The largest absolute Gasteiger partial charge is 0.350 e. The molecule has 2 rings (SSSR count). The Morgan fingerprint density at radius 1 is 1.16 bits per heavy atom. The van der Waals surface area contributed by atoms with Crippen LogP contribution < -0.4 is 5.32 Å². The van der Waals surface area contributed by atoms with E-state index in [1.807, 2.05) is 49.9 Å². The molecule has 0 unspecified atom stereocenters. The summed E-state index contributed by atoms with van der Waals surface area (Å²) in [6.45, 7) is 9.05. The van der Waals surface area contributed by atoms with Crippen LogP contribution in [0.4, 0.5) is 0 Å². The summed E-state index contributed by atoms with van der Waals surface area (Å²) in [7, 11) is 0. The smallest absolute Gasteiger partial charge is 0.234 e. The summed E-state index contributed by atoms with van der Waals surface area (Å²) in [5.41, 5.74) is -0.217. The Hall–Kier alpha value is -1.24. The number of amides is 2. The van der Waals surface area contributed by atoms with Crippen LogP contribution in [-0.4, -0.2) is 65.6 Å². The minimum Gasteiger partial charge on any atom is -0.350 e. The summed E-state index contributed by atoms with van der Waals surface area (Å²) in [5, 5.41) is 3.64. The maximum atomic E-state index is 12.4. The van der Waals surface area contributed by atoms with Gasteiger partial charge >= 0.3 is 0 Å². The van der Waals surface area contributed by atoms with Gasteiger partial charge in [-0.05, 0) is 32.9 Å². The molecule has 1 saturated heterocycles. The number of hydrogen-bond acceptors (Lipinski definition) is 4. The zero-order chi connectivity index (χ0) is 18.4. The van der Waals surface area contributed by atoms with Gasteiger partial charge in [-0.25, -0.2) is 0 Å². The van der Waals surface area contributed by atoms with Gasteiger partial charge < -0.3 is 10.2 Å². The summed E-state index contributed by atoms with van der Waals surface area (Å²) in [4.78, 5) is 29.2. The molecule has 0 aromatic heterocycles. The fourth-order valence-electron chi connectivity index (χ4n) is 2.61. The third-order valence-corrected chi connectivity index (χ3v) is 5.29. The van der Waals surface area contributed by atoms with Gasteiger partial charge in [-0.1, -0.05) is 23.7 Å². The summed E-state index contributed by atoms with van der Waals surface area (Å²) in [6.07, 6.45) is 0. The number of benzene rings is 1. The van der Waals surface area contributed by atoms with Gasteiger partial charge in [0.25, 0.3) is 0 Å². The highest BCUT2D eigenvalue weighted by Crippen LogP contribution is 2.26. The van der Waals surface area contributed by atoms with Crippen LogP contribution >= 0.6 is 23.4 Å². The number of halogens is 1. The van der Waals surface area contributed by atoms with Crippen LogP contribution in [0, 0.1) is 0 Å². The van der Waals surface area contributed by atoms with Crippen molar-refractivity contribution in [2.45, 2.75) is 31.2 Å². The Kier molecular flexibility index (Phi) is 7.16. The lowest BCUT2D eigenvalue weighted by molar-refractivity contribution is -0.130. The van der Waals surface area contributed by atoms with Gasteiger partial charge in [0.05, 0.1) is 17.3 Å². The van der Waals surface area contributed by atoms with E-state index in [1.54, 1.807) is 0 Å². The molecule has 138 valence electrons. The molecule has 25 heavy (non-hydrogen) atoms. The van der Waals surface area contributed by atoms with Crippen molar-refractivity contribution in [1.82, 2.24) is 15.1 Å². The molecule has 1 fully saturated rings. The minimum atomic E-state index is -0.217. The zero-order valence-corrected chi connectivity index (χ0v) is 16.6. The SMILES string of the molecule is CC(C)(C)NC(=O)CN1CCN(C(=O)CSc2ccccc2Cl)CC1. The molecule has 1 heterocycles. The maximum absolute atomic E-state index is 12.4. The second-order valence-electron chi connectivity index (χ2n) is 7.17. The van der Waals surface area contributed by atoms with E-state index in [9.17, 15) is 9.59 Å². The number of thioether (sulfide) groups is 1. The third kappa shape index (κ3) is 6.88. The summed E-state index contributed by atoms with van der Waals surface area (Å²) < 4.78 is 0. The van der Waals surface area contributed by atoms with Crippen LogP contribution in [-0.2, 0) is 9.59 Å². The molecule has 1 aromatic carbocycles. The van der Waals surface area contributed by atoms with E-state index >= 15 is 0 Å². The fraction of sp³-hybridized carbons (Fsp3) is 0.556. The quantitative estimate of drug-likeness (QED) is 0.794. The Balaban J connectivity index is 1.73. The van der Waals surface area contributed by atoms with Gasteiger partial charge in [0.15, 0.2) is 0 Å². The molecular formula is C18H26ClN3O2S. The maximum Gasteiger partial charge on any atom is 0.234 e. The Morgan fingerprint density at radius 2 is 1.80 bits per heavy atom. The van der Waals surface area contributed by atoms with Crippen LogP contribution in [0.5, 0.6) is 0 Å². The standard InChI is InChI=1S/C18H26ClN3O2S/c1-18(2,3)20-16(23)12-21-8-10-22(11-9-21)17(24)13-25-15-7-5-4-6-14(15)19/h4-7H,8-13H2,1-3H3,(H,20,23). The summed E-state index contributed by atoms with van der Waals surface area (Å²) in [6, 6.07) is 7.55. The molecule has 0 radical (unpaired) electrons. The van der Waals surface area contributed by atoms with Crippen molar-refractivity contribution in [3.8, 4) is 0 Å². The van der Waals surface area contributed by atoms with Gasteiger partial charge in [0.1, 0.15) is 0 Å². The Labute approximate surface area is 159 Å². The van der Waals surface area contributed by atoms with Crippen molar-refractivity contribution >= 4 is 35.2 Å². The topological polar surface area (TPSA) is 52.7 Å². The minimum absolute atomic E-state index is 0.0292. The van der Waals surface area contributed by atoms with E-state index < -0.39 is 0 Å². The number of nitrogens with zero attached hydrogens (tertiary/aromatic N) is 2. The first-order valence-electron chi connectivity index (χ1n) is 8.43. The average molecular weight is 384 g/mol. The van der Waals surface area contributed by atoms with E-state index in [0.29, 0.717) is 30.4 Å². The van der Waals surface area contributed by atoms with Crippen molar-refractivity contribution in [3.63, 3.8) is 0 Å². The number of nitrogens with one attached hydrogen (secondary N) is 1. The normalized spacial score (nSPS) is 15.9. The molecule has 5 nitrogen and oxygen atoms in total. The predicted octanol–water partition coefficient (Wildman–Crippen LogP) is 2.49. The van der Waals surface area contributed by atoms with Crippen molar-refractivity contribution in [2.75, 3.05) is 38.5 Å². The molecule has 1 aliphatic rings. The van der Waals surface area contributed by atoms with E-state index in [2.05, 4.69) is 10.2 Å². The number of hydrogen-bond donors (Lipinski definition) is 1. The highest BCUT2D eigenvalue weighted by molar-refractivity contribution is 8.00. The Bertz CT molecular complexity index is 611. The van der Waals surface area contributed by atoms with Gasteiger partial charge in [-0.2, -0.15) is 0 Å². The second-order valence-corrected chi connectivity index (χ2v) is 8.60. The Morgan fingerprint density at radius 3 is 2.40 bits per heavy atom. The van der Waals surface area contributed by atoms with Crippen LogP contribution in [0.25, 0.3) is 0 Å². The number of rotatable bonds is 5. The van der Waals surface area contributed by atoms with E-state index in [4.69, 9.17) is 11.6 Å². The van der Waals surface area contributed by atoms with Crippen LogP contribution in [0.1, 0.15) is 20.8 Å². The molecular weight excluding hydrogens is 358 g/mol. The number of piperazine rings is 1. The molecule has 0 bridgehead atoms. The fourth-order valence-corrected chi connectivity index (χ4v) is 3.75. The zero-order valence-electron chi connectivity index (χ0n) is 15.0. The first-order chi connectivity index (χ1) is 11.7. The lowest BCUT2D eigenvalue weighted by atomic mass is 10.1. The lowest BCUT2D eigenvalue weighted by Gasteiger charge is -2.35. The average Bonchev–Trinajstić information content (AvgIpc) is 2.52. The summed E-state index contributed by atoms with van der Waals surface area (Å²) in [5.74, 6) is 0.527. The molecule has 2 amide bonds.